The van der Waals surface area contributed by atoms with Gasteiger partial charge in [-0.15, -0.1) is 11.3 Å². The molecule has 1 aliphatic carbocycles. The molecule has 0 spiro atoms. The zero-order valence-corrected chi connectivity index (χ0v) is 13.7. The molecule has 0 fully saturated rings. The molecule has 0 saturated heterocycles. The standard InChI is InChI=1S/C17H19ClFNS/c1-2-20-15(10-12-13(18)6-4-7-14(12)19)17-9-11-5-3-8-16(11)21-17/h4,6-7,9,15,20H,2-3,5,8,10H2,1H3. The predicted octanol–water partition coefficient (Wildman–Crippen LogP) is 4.92. The molecule has 1 heterocycles. The van der Waals surface area contributed by atoms with Crippen LogP contribution in [-0.2, 0) is 19.3 Å². The number of likely N-dealkylation sites (N-methyl/N-ethyl adjacent to an activating group) is 1. The number of rotatable bonds is 5. The topological polar surface area (TPSA) is 12.0 Å². The zero-order valence-electron chi connectivity index (χ0n) is 12.1. The number of hydrogen-bond donors (Lipinski definition) is 1. The van der Waals surface area contributed by atoms with Gasteiger partial charge in [-0.25, -0.2) is 4.39 Å². The first-order valence-electron chi connectivity index (χ1n) is 7.46. The molecule has 1 atom stereocenters. The molecule has 1 aliphatic rings. The maximum absolute atomic E-state index is 14.0. The highest BCUT2D eigenvalue weighted by Gasteiger charge is 2.21. The number of halogens is 2. The minimum absolute atomic E-state index is 0.139. The summed E-state index contributed by atoms with van der Waals surface area (Å²) in [6.07, 6.45) is 4.25. The number of fused-ring (bicyclic) bond motifs is 1. The third kappa shape index (κ3) is 3.15. The lowest BCUT2D eigenvalue weighted by Gasteiger charge is -2.18. The maximum atomic E-state index is 14.0. The van der Waals surface area contributed by atoms with Crippen LogP contribution in [0.1, 0.15) is 40.3 Å². The Morgan fingerprint density at radius 2 is 2.24 bits per heavy atom. The van der Waals surface area contributed by atoms with E-state index in [-0.39, 0.29) is 11.9 Å². The van der Waals surface area contributed by atoms with Crippen molar-refractivity contribution >= 4 is 22.9 Å². The highest BCUT2D eigenvalue weighted by atomic mass is 35.5. The number of benzene rings is 1. The van der Waals surface area contributed by atoms with E-state index in [0.29, 0.717) is 17.0 Å². The van der Waals surface area contributed by atoms with Crippen molar-refractivity contribution in [2.45, 2.75) is 38.6 Å². The predicted molar refractivity (Wildman–Crippen MR) is 87.9 cm³/mol. The van der Waals surface area contributed by atoms with Gasteiger partial charge < -0.3 is 5.32 Å². The Bertz CT molecular complexity index is 596. The number of hydrogen-bond acceptors (Lipinski definition) is 2. The molecule has 0 radical (unpaired) electrons. The molecule has 0 aliphatic heterocycles. The van der Waals surface area contributed by atoms with Gasteiger partial charge in [-0.1, -0.05) is 24.6 Å². The van der Waals surface area contributed by atoms with Crippen LogP contribution in [0.4, 0.5) is 4.39 Å². The first kappa shape index (κ1) is 15.0. The van der Waals surface area contributed by atoms with Gasteiger partial charge in [0, 0.05) is 26.4 Å². The van der Waals surface area contributed by atoms with Crippen LogP contribution in [0.15, 0.2) is 24.3 Å². The van der Waals surface area contributed by atoms with Crippen molar-refractivity contribution in [2.75, 3.05) is 6.54 Å². The van der Waals surface area contributed by atoms with Gasteiger partial charge in [0.05, 0.1) is 0 Å². The largest absolute Gasteiger partial charge is 0.309 e. The summed E-state index contributed by atoms with van der Waals surface area (Å²) in [5.74, 6) is -0.213. The average Bonchev–Trinajstić information content (AvgIpc) is 3.03. The van der Waals surface area contributed by atoms with Crippen molar-refractivity contribution in [3.8, 4) is 0 Å². The number of thiophene rings is 1. The van der Waals surface area contributed by atoms with Gasteiger partial charge >= 0.3 is 0 Å². The second-order valence-electron chi connectivity index (χ2n) is 5.47. The van der Waals surface area contributed by atoms with E-state index in [0.717, 1.165) is 6.54 Å². The Morgan fingerprint density at radius 3 is 2.95 bits per heavy atom. The molecular weight excluding hydrogens is 305 g/mol. The average molecular weight is 324 g/mol. The monoisotopic (exact) mass is 323 g/mol. The van der Waals surface area contributed by atoms with Crippen LogP contribution in [0.25, 0.3) is 0 Å². The summed E-state index contributed by atoms with van der Waals surface area (Å²) in [6, 6.07) is 7.34. The van der Waals surface area contributed by atoms with Gasteiger partial charge in [0.25, 0.3) is 0 Å². The molecule has 1 unspecified atom stereocenters. The summed E-state index contributed by atoms with van der Waals surface area (Å²) in [4.78, 5) is 2.81. The second kappa shape index (κ2) is 6.47. The molecule has 4 heteroatoms. The van der Waals surface area contributed by atoms with E-state index in [1.165, 1.54) is 40.6 Å². The first-order valence-corrected chi connectivity index (χ1v) is 8.66. The first-order chi connectivity index (χ1) is 10.2. The van der Waals surface area contributed by atoms with Gasteiger partial charge in [0.2, 0.25) is 0 Å². The molecule has 21 heavy (non-hydrogen) atoms. The third-order valence-electron chi connectivity index (χ3n) is 4.03. The van der Waals surface area contributed by atoms with Crippen molar-refractivity contribution in [3.05, 3.63) is 56.0 Å². The van der Waals surface area contributed by atoms with Crippen LogP contribution in [-0.4, -0.2) is 6.54 Å². The second-order valence-corrected chi connectivity index (χ2v) is 7.04. The Balaban J connectivity index is 1.87. The maximum Gasteiger partial charge on any atom is 0.127 e. The van der Waals surface area contributed by atoms with Gasteiger partial charge in [0.15, 0.2) is 0 Å². The Morgan fingerprint density at radius 1 is 1.38 bits per heavy atom. The van der Waals surface area contributed by atoms with E-state index in [1.54, 1.807) is 12.1 Å². The molecule has 1 aromatic heterocycles. The summed E-state index contributed by atoms with van der Waals surface area (Å²) < 4.78 is 14.0. The number of aryl methyl sites for hydroxylation is 2. The molecule has 1 N–H and O–H groups in total. The van der Waals surface area contributed by atoms with Crippen molar-refractivity contribution in [1.29, 1.82) is 0 Å². The van der Waals surface area contributed by atoms with Crippen molar-refractivity contribution in [3.63, 3.8) is 0 Å². The lowest BCUT2D eigenvalue weighted by Crippen LogP contribution is -2.22. The van der Waals surface area contributed by atoms with Crippen molar-refractivity contribution in [2.24, 2.45) is 0 Å². The Hall–Kier alpha value is -0.900. The molecule has 0 saturated carbocycles. The summed E-state index contributed by atoms with van der Waals surface area (Å²) in [7, 11) is 0. The van der Waals surface area contributed by atoms with Gasteiger partial charge in [-0.3, -0.25) is 0 Å². The van der Waals surface area contributed by atoms with E-state index in [9.17, 15) is 4.39 Å². The van der Waals surface area contributed by atoms with Gasteiger partial charge in [-0.2, -0.15) is 0 Å². The van der Waals surface area contributed by atoms with Crippen LogP contribution < -0.4 is 5.32 Å². The van der Waals surface area contributed by atoms with Crippen LogP contribution >= 0.6 is 22.9 Å². The molecular formula is C17H19ClFNS. The van der Waals surface area contributed by atoms with Crippen LogP contribution in [0, 0.1) is 5.82 Å². The fraction of sp³-hybridized carbons (Fsp3) is 0.412. The minimum Gasteiger partial charge on any atom is -0.309 e. The normalized spacial score (nSPS) is 15.2. The van der Waals surface area contributed by atoms with Gasteiger partial charge in [0.1, 0.15) is 5.82 Å². The number of nitrogens with one attached hydrogen (secondary N) is 1. The van der Waals surface area contributed by atoms with E-state index in [2.05, 4.69) is 18.3 Å². The smallest absolute Gasteiger partial charge is 0.127 e. The van der Waals surface area contributed by atoms with E-state index < -0.39 is 0 Å². The minimum atomic E-state index is -0.213. The molecule has 0 amide bonds. The molecule has 112 valence electrons. The molecule has 3 rings (SSSR count). The molecule has 1 nitrogen and oxygen atoms in total. The lowest BCUT2D eigenvalue weighted by atomic mass is 10.0. The lowest BCUT2D eigenvalue weighted by molar-refractivity contribution is 0.534. The third-order valence-corrected chi connectivity index (χ3v) is 5.73. The Kier molecular flexibility index (Phi) is 4.63. The van der Waals surface area contributed by atoms with Crippen molar-refractivity contribution in [1.82, 2.24) is 5.32 Å². The van der Waals surface area contributed by atoms with Crippen molar-refractivity contribution < 1.29 is 4.39 Å². The molecule has 0 bridgehead atoms. The highest BCUT2D eigenvalue weighted by molar-refractivity contribution is 7.12. The summed E-state index contributed by atoms with van der Waals surface area (Å²) in [5.41, 5.74) is 2.09. The van der Waals surface area contributed by atoms with Crippen LogP contribution in [0.3, 0.4) is 0 Å². The quantitative estimate of drug-likeness (QED) is 0.823. The summed E-state index contributed by atoms with van der Waals surface area (Å²) in [6.45, 7) is 2.94. The molecule has 1 aromatic carbocycles. The van der Waals surface area contributed by atoms with E-state index in [4.69, 9.17) is 11.6 Å². The SMILES string of the molecule is CCNC(Cc1c(F)cccc1Cl)c1cc2c(s1)CCC2. The highest BCUT2D eigenvalue weighted by Crippen LogP contribution is 2.35. The van der Waals surface area contributed by atoms with Gasteiger partial charge in [-0.05, 0) is 56.0 Å². The van der Waals surface area contributed by atoms with E-state index in [1.807, 2.05) is 11.3 Å². The van der Waals surface area contributed by atoms with Crippen LogP contribution in [0.2, 0.25) is 5.02 Å². The zero-order chi connectivity index (χ0) is 14.8. The van der Waals surface area contributed by atoms with E-state index >= 15 is 0 Å². The fourth-order valence-corrected chi connectivity index (χ4v) is 4.55. The fourth-order valence-electron chi connectivity index (χ4n) is 2.97. The summed E-state index contributed by atoms with van der Waals surface area (Å²) in [5, 5.41) is 3.99. The Labute approximate surface area is 134 Å². The summed E-state index contributed by atoms with van der Waals surface area (Å²) >= 11 is 8.04. The molecule has 2 aromatic rings. The van der Waals surface area contributed by atoms with Crippen LogP contribution in [0.5, 0.6) is 0 Å².